The number of ether oxygens (including phenoxy) is 1. The second-order valence-electron chi connectivity index (χ2n) is 7.86. The lowest BCUT2D eigenvalue weighted by molar-refractivity contribution is -0.125. The molecule has 2 aromatic carbocycles. The molecule has 4 rings (SSSR count). The van der Waals surface area contributed by atoms with Gasteiger partial charge in [-0.15, -0.1) is 4.91 Å². The van der Waals surface area contributed by atoms with Gasteiger partial charge in [0.1, 0.15) is 17.2 Å². The number of nitroso groups, excluding NO2 is 1. The molecular formula is C25H24ClN5O3. The first kappa shape index (κ1) is 23.3. The van der Waals surface area contributed by atoms with Gasteiger partial charge in [0.15, 0.2) is 0 Å². The van der Waals surface area contributed by atoms with Crippen molar-refractivity contribution in [3.63, 3.8) is 0 Å². The molecule has 9 heteroatoms. The molecule has 0 spiro atoms. The van der Waals surface area contributed by atoms with Gasteiger partial charge in [-0.1, -0.05) is 24.2 Å². The van der Waals surface area contributed by atoms with Gasteiger partial charge in [0.2, 0.25) is 5.91 Å². The summed E-state index contributed by atoms with van der Waals surface area (Å²) in [6.07, 6.45) is 5.32. The number of hydrogen-bond acceptors (Lipinski definition) is 6. The van der Waals surface area contributed by atoms with Gasteiger partial charge in [-0.05, 0) is 61.9 Å². The van der Waals surface area contributed by atoms with Gasteiger partial charge in [0.25, 0.3) is 0 Å². The van der Waals surface area contributed by atoms with Crippen LogP contribution >= 0.6 is 11.6 Å². The lowest BCUT2D eigenvalue weighted by atomic mass is 10.2. The van der Waals surface area contributed by atoms with E-state index in [2.05, 4.69) is 22.2 Å². The first-order chi connectivity index (χ1) is 16.5. The molecule has 0 aliphatic carbocycles. The third kappa shape index (κ3) is 5.02. The van der Waals surface area contributed by atoms with Crippen LogP contribution in [-0.2, 0) is 4.79 Å². The predicted octanol–water partition coefficient (Wildman–Crippen LogP) is 5.85. The van der Waals surface area contributed by atoms with Crippen molar-refractivity contribution >= 4 is 34.6 Å². The Morgan fingerprint density at radius 3 is 2.82 bits per heavy atom. The van der Waals surface area contributed by atoms with Gasteiger partial charge >= 0.3 is 0 Å². The summed E-state index contributed by atoms with van der Waals surface area (Å²) < 4.78 is 5.94. The summed E-state index contributed by atoms with van der Waals surface area (Å²) in [5.41, 5.74) is 2.60. The van der Waals surface area contributed by atoms with E-state index >= 15 is 0 Å². The average molecular weight is 478 g/mol. The van der Waals surface area contributed by atoms with Crippen molar-refractivity contribution in [2.24, 2.45) is 5.29 Å². The van der Waals surface area contributed by atoms with Crippen LogP contribution in [0.5, 0.6) is 11.5 Å². The summed E-state index contributed by atoms with van der Waals surface area (Å²) in [7, 11) is 0. The van der Waals surface area contributed by atoms with Gasteiger partial charge < -0.3 is 15.0 Å². The number of likely N-dealkylation sites (tertiary alicyclic amines) is 1. The number of carbonyl (C=O) groups excluding carboxylic acids is 1. The monoisotopic (exact) mass is 477 g/mol. The Hall–Kier alpha value is -3.91. The molecule has 1 fully saturated rings. The van der Waals surface area contributed by atoms with Crippen LogP contribution in [-0.4, -0.2) is 34.9 Å². The van der Waals surface area contributed by atoms with Crippen LogP contribution in [0.25, 0.3) is 0 Å². The van der Waals surface area contributed by atoms with Crippen LogP contribution < -0.4 is 15.1 Å². The highest BCUT2D eigenvalue weighted by Crippen LogP contribution is 2.35. The van der Waals surface area contributed by atoms with Crippen molar-refractivity contribution in [2.75, 3.05) is 23.4 Å². The number of halogens is 1. The van der Waals surface area contributed by atoms with Gasteiger partial charge in [-0.25, -0.2) is 0 Å². The Balaban J connectivity index is 1.51. The molecule has 0 saturated carbocycles. The van der Waals surface area contributed by atoms with Crippen molar-refractivity contribution in [3.05, 3.63) is 89.1 Å². The molecule has 0 radical (unpaired) electrons. The molecule has 174 valence electrons. The van der Waals surface area contributed by atoms with Crippen molar-refractivity contribution in [1.82, 2.24) is 9.88 Å². The lowest BCUT2D eigenvalue weighted by Gasteiger charge is -2.22. The quantitative estimate of drug-likeness (QED) is 0.248. The van der Waals surface area contributed by atoms with Gasteiger partial charge in [-0.2, -0.15) is 5.01 Å². The topological polar surface area (TPSA) is 87.1 Å². The van der Waals surface area contributed by atoms with E-state index in [1.54, 1.807) is 53.7 Å². The van der Waals surface area contributed by atoms with E-state index in [-0.39, 0.29) is 11.9 Å². The first-order valence-electron chi connectivity index (χ1n) is 10.8. The van der Waals surface area contributed by atoms with E-state index in [9.17, 15) is 9.70 Å². The average Bonchev–Trinajstić information content (AvgIpc) is 3.32. The minimum Gasteiger partial charge on any atom is -0.457 e. The largest absolute Gasteiger partial charge is 0.457 e. The number of amides is 1. The fourth-order valence-electron chi connectivity index (χ4n) is 3.82. The number of carbonyl (C=O) groups is 1. The summed E-state index contributed by atoms with van der Waals surface area (Å²) in [6.45, 7) is 6.63. The maximum absolute atomic E-state index is 11.9. The molecular weight excluding hydrogens is 454 g/mol. The number of pyridine rings is 1. The highest BCUT2D eigenvalue weighted by atomic mass is 35.5. The Bertz CT molecular complexity index is 1200. The number of aromatic nitrogens is 1. The van der Waals surface area contributed by atoms with Crippen molar-refractivity contribution < 1.29 is 9.53 Å². The SMILES string of the molecule is C=CC(=O)N1CCC(Nc2ccncc2N(N=O)c2ccc(Oc3cccc(Cl)c3C)cc2)C1. The van der Waals surface area contributed by atoms with Crippen molar-refractivity contribution in [3.8, 4) is 11.5 Å². The number of anilines is 3. The van der Waals surface area contributed by atoms with E-state index in [0.717, 1.165) is 12.0 Å². The number of rotatable bonds is 8. The van der Waals surface area contributed by atoms with E-state index in [0.29, 0.717) is 46.7 Å². The molecule has 3 aromatic rings. The minimum absolute atomic E-state index is 0.0373. The zero-order valence-electron chi connectivity index (χ0n) is 18.6. The fraction of sp³-hybridized carbons (Fsp3) is 0.200. The zero-order valence-corrected chi connectivity index (χ0v) is 19.4. The Morgan fingerprint density at radius 1 is 1.29 bits per heavy atom. The summed E-state index contributed by atoms with van der Waals surface area (Å²) in [6, 6.07) is 14.3. The van der Waals surface area contributed by atoms with Crippen LogP contribution in [0.3, 0.4) is 0 Å². The van der Waals surface area contributed by atoms with Crippen LogP contribution in [0.1, 0.15) is 12.0 Å². The van der Waals surface area contributed by atoms with E-state index in [1.165, 1.54) is 11.1 Å². The number of benzene rings is 2. The third-order valence-electron chi connectivity index (χ3n) is 5.67. The van der Waals surface area contributed by atoms with Crippen molar-refractivity contribution in [2.45, 2.75) is 19.4 Å². The third-order valence-corrected chi connectivity index (χ3v) is 6.08. The van der Waals surface area contributed by atoms with Crippen LogP contribution in [0.2, 0.25) is 5.02 Å². The summed E-state index contributed by atoms with van der Waals surface area (Å²) >= 11 is 6.17. The molecule has 1 amide bonds. The maximum Gasteiger partial charge on any atom is 0.246 e. The summed E-state index contributed by atoms with van der Waals surface area (Å²) in [5.74, 6) is 1.16. The second kappa shape index (κ2) is 10.4. The Labute approximate surface area is 202 Å². The van der Waals surface area contributed by atoms with Gasteiger partial charge in [0.05, 0.1) is 22.9 Å². The fourth-order valence-corrected chi connectivity index (χ4v) is 3.98. The lowest BCUT2D eigenvalue weighted by Crippen LogP contribution is -2.30. The molecule has 1 aliphatic rings. The molecule has 1 unspecified atom stereocenters. The minimum atomic E-state index is -0.0919. The van der Waals surface area contributed by atoms with E-state index in [1.807, 2.05) is 19.1 Å². The van der Waals surface area contributed by atoms with Gasteiger partial charge in [0, 0.05) is 35.9 Å². The normalized spacial score (nSPS) is 15.0. The zero-order chi connectivity index (χ0) is 24.1. The molecule has 8 nitrogen and oxygen atoms in total. The molecule has 2 heterocycles. The van der Waals surface area contributed by atoms with Crippen LogP contribution in [0, 0.1) is 11.8 Å². The first-order valence-corrected chi connectivity index (χ1v) is 11.2. The molecule has 1 aliphatic heterocycles. The van der Waals surface area contributed by atoms with E-state index in [4.69, 9.17) is 16.3 Å². The van der Waals surface area contributed by atoms with Crippen LogP contribution in [0.15, 0.2) is 78.9 Å². The number of nitrogens with one attached hydrogen (secondary N) is 1. The number of nitrogens with zero attached hydrogens (tertiary/aromatic N) is 4. The molecule has 1 saturated heterocycles. The molecule has 1 aromatic heterocycles. The Kier molecular flexibility index (Phi) is 7.08. The highest BCUT2D eigenvalue weighted by Gasteiger charge is 2.26. The predicted molar refractivity (Wildman–Crippen MR) is 134 cm³/mol. The molecule has 1 N–H and O–H groups in total. The highest BCUT2D eigenvalue weighted by molar-refractivity contribution is 6.31. The van der Waals surface area contributed by atoms with E-state index < -0.39 is 0 Å². The maximum atomic E-state index is 11.9. The van der Waals surface area contributed by atoms with Gasteiger partial charge in [-0.3, -0.25) is 9.78 Å². The number of hydrogen-bond donors (Lipinski definition) is 1. The molecule has 34 heavy (non-hydrogen) atoms. The second-order valence-corrected chi connectivity index (χ2v) is 8.27. The summed E-state index contributed by atoms with van der Waals surface area (Å²) in [4.78, 5) is 29.6. The standard InChI is InChI=1S/C25H24ClN5O3/c1-3-25(32)30-14-12-18(16-30)28-22-11-13-27-15-23(22)31(29-33)19-7-9-20(10-8-19)34-24-6-4-5-21(26)17(24)2/h3-11,13,15,18H,1,12,14,16H2,2H3,(H,27,28). The molecule has 1 atom stereocenters. The summed E-state index contributed by atoms with van der Waals surface area (Å²) in [5, 5.41) is 8.53. The van der Waals surface area contributed by atoms with Crippen LogP contribution in [0.4, 0.5) is 17.1 Å². The Morgan fingerprint density at radius 2 is 2.09 bits per heavy atom. The molecule has 0 bridgehead atoms. The van der Waals surface area contributed by atoms with Crippen molar-refractivity contribution in [1.29, 1.82) is 0 Å². The smallest absolute Gasteiger partial charge is 0.246 e.